The van der Waals surface area contributed by atoms with Crippen molar-refractivity contribution in [1.29, 1.82) is 0 Å². The Morgan fingerprint density at radius 3 is 2.42 bits per heavy atom. The molecule has 2 amide bonds. The van der Waals surface area contributed by atoms with Crippen LogP contribution in [-0.2, 0) is 6.42 Å². The van der Waals surface area contributed by atoms with Gasteiger partial charge < -0.3 is 10.6 Å². The molecule has 12 heteroatoms. The van der Waals surface area contributed by atoms with E-state index in [2.05, 4.69) is 15.6 Å². The predicted molar refractivity (Wildman–Crippen MR) is 119 cm³/mol. The topological polar surface area (TPSA) is 88.9 Å². The molecule has 7 nitrogen and oxygen atoms in total. The van der Waals surface area contributed by atoms with Gasteiger partial charge in [0, 0.05) is 17.9 Å². The molecule has 1 aromatic carbocycles. The van der Waals surface area contributed by atoms with Crippen LogP contribution in [0.5, 0.6) is 0 Å². The van der Waals surface area contributed by atoms with Crippen LogP contribution < -0.4 is 10.6 Å². The third kappa shape index (κ3) is 8.67. The molecule has 2 N–H and O–H groups in total. The highest BCUT2D eigenvalue weighted by molar-refractivity contribution is 7.99. The first-order chi connectivity index (χ1) is 15.8. The van der Waals surface area contributed by atoms with Gasteiger partial charge in [0.15, 0.2) is 5.69 Å². The zero-order valence-corrected chi connectivity index (χ0v) is 19.1. The number of nitrogens with zero attached hydrogens (tertiary/aromatic N) is 3. The molecule has 0 saturated carbocycles. The molecule has 2 rings (SSSR count). The number of halogens is 4. The lowest BCUT2D eigenvalue weighted by Crippen LogP contribution is -2.33. The van der Waals surface area contributed by atoms with E-state index in [-0.39, 0.29) is 17.2 Å². The van der Waals surface area contributed by atoms with Gasteiger partial charge in [0.2, 0.25) is 0 Å². The van der Waals surface area contributed by atoms with Crippen LogP contribution in [0.1, 0.15) is 52.7 Å². The average molecular weight is 490 g/mol. The highest BCUT2D eigenvalue weighted by Crippen LogP contribution is 2.18. The van der Waals surface area contributed by atoms with Crippen molar-refractivity contribution in [3.05, 3.63) is 41.2 Å². The lowest BCUT2D eigenvalue weighted by Gasteiger charge is -2.10. The number of benzene rings is 1. The summed E-state index contributed by atoms with van der Waals surface area (Å²) in [6.07, 6.45) is -2.39. The fourth-order valence-corrected chi connectivity index (χ4v) is 3.51. The van der Waals surface area contributed by atoms with Crippen molar-refractivity contribution >= 4 is 23.6 Å². The van der Waals surface area contributed by atoms with Gasteiger partial charge in [-0.15, -0.1) is 5.10 Å². The van der Waals surface area contributed by atoms with Gasteiger partial charge in [0.1, 0.15) is 6.54 Å². The van der Waals surface area contributed by atoms with Gasteiger partial charge in [-0.3, -0.25) is 14.0 Å². The number of hydrogen-bond donors (Lipinski definition) is 2. The number of aromatic nitrogens is 3. The van der Waals surface area contributed by atoms with Crippen molar-refractivity contribution in [2.45, 2.75) is 38.8 Å². The average Bonchev–Trinajstić information content (AvgIpc) is 3.21. The third-order valence-electron chi connectivity index (χ3n) is 4.59. The van der Waals surface area contributed by atoms with Gasteiger partial charge in [-0.25, -0.2) is 4.68 Å². The van der Waals surface area contributed by atoms with Crippen molar-refractivity contribution in [3.8, 4) is 5.69 Å². The molecule has 1 heterocycles. The smallest absolute Gasteiger partial charge is 0.350 e. The number of amides is 2. The van der Waals surface area contributed by atoms with Gasteiger partial charge in [-0.2, -0.15) is 24.9 Å². The summed E-state index contributed by atoms with van der Waals surface area (Å²) in [5.74, 6) is 0.492. The Balaban J connectivity index is 2.18. The number of rotatable bonds is 13. The number of nitrogens with one attached hydrogen (secondary N) is 2. The quantitative estimate of drug-likeness (QED) is 0.331. The van der Waals surface area contributed by atoms with E-state index in [9.17, 15) is 27.2 Å². The first-order valence-corrected chi connectivity index (χ1v) is 11.7. The van der Waals surface area contributed by atoms with Crippen LogP contribution in [0.15, 0.2) is 24.3 Å². The molecule has 182 valence electrons. The molecule has 0 aliphatic rings. The Morgan fingerprint density at radius 2 is 1.79 bits per heavy atom. The Hall–Kier alpha value is -2.63. The first kappa shape index (κ1) is 26.6. The SMILES string of the molecule is CCSCCNC(=O)c1nnn(-c2ccc(C(=O)NCC(F)(F)F)cc2)c1CCCCCF. The van der Waals surface area contributed by atoms with E-state index in [4.69, 9.17) is 0 Å². The van der Waals surface area contributed by atoms with E-state index >= 15 is 0 Å². The summed E-state index contributed by atoms with van der Waals surface area (Å²) in [7, 11) is 0. The Morgan fingerprint density at radius 1 is 1.06 bits per heavy atom. The van der Waals surface area contributed by atoms with Crippen LogP contribution in [-0.4, -0.2) is 64.3 Å². The van der Waals surface area contributed by atoms with E-state index in [1.54, 1.807) is 11.8 Å². The second-order valence-corrected chi connectivity index (χ2v) is 8.49. The highest BCUT2D eigenvalue weighted by Gasteiger charge is 2.28. The lowest BCUT2D eigenvalue weighted by atomic mass is 10.1. The summed E-state index contributed by atoms with van der Waals surface area (Å²) in [6.45, 7) is 0.665. The number of alkyl halides is 4. The second-order valence-electron chi connectivity index (χ2n) is 7.09. The predicted octanol–water partition coefficient (Wildman–Crippen LogP) is 3.72. The Bertz CT molecular complexity index is 903. The van der Waals surface area contributed by atoms with E-state index in [0.717, 1.165) is 11.5 Å². The fraction of sp³-hybridized carbons (Fsp3) is 0.524. The van der Waals surface area contributed by atoms with Crippen LogP contribution in [0.3, 0.4) is 0 Å². The van der Waals surface area contributed by atoms with Crippen LogP contribution >= 0.6 is 11.8 Å². The molecule has 33 heavy (non-hydrogen) atoms. The minimum Gasteiger partial charge on any atom is -0.350 e. The molecular weight excluding hydrogens is 462 g/mol. The molecule has 2 aromatic rings. The van der Waals surface area contributed by atoms with Crippen molar-refractivity contribution in [2.75, 3.05) is 31.3 Å². The lowest BCUT2D eigenvalue weighted by molar-refractivity contribution is -0.123. The summed E-state index contributed by atoms with van der Waals surface area (Å²) < 4.78 is 50.8. The summed E-state index contributed by atoms with van der Waals surface area (Å²) in [4.78, 5) is 24.5. The second kappa shape index (κ2) is 13.2. The Kier molecular flexibility index (Phi) is 10.6. The van der Waals surface area contributed by atoms with E-state index in [1.807, 2.05) is 12.2 Å². The molecule has 0 unspecified atom stereocenters. The zero-order valence-electron chi connectivity index (χ0n) is 18.3. The molecule has 0 aliphatic carbocycles. The summed E-state index contributed by atoms with van der Waals surface area (Å²) in [5, 5.41) is 12.7. The van der Waals surface area contributed by atoms with Gasteiger partial charge in [0.05, 0.1) is 18.1 Å². The monoisotopic (exact) mass is 489 g/mol. The first-order valence-electron chi connectivity index (χ1n) is 10.6. The van der Waals surface area contributed by atoms with E-state index in [1.165, 1.54) is 28.9 Å². The van der Waals surface area contributed by atoms with Crippen molar-refractivity contribution in [3.63, 3.8) is 0 Å². The van der Waals surface area contributed by atoms with Crippen LogP contribution in [0, 0.1) is 0 Å². The van der Waals surface area contributed by atoms with Gasteiger partial charge in [-0.1, -0.05) is 18.6 Å². The molecule has 0 aliphatic heterocycles. The number of carbonyl (C=O) groups is 2. The van der Waals surface area contributed by atoms with E-state index < -0.39 is 25.3 Å². The maximum absolute atomic E-state index is 12.6. The highest BCUT2D eigenvalue weighted by atomic mass is 32.2. The number of hydrogen-bond acceptors (Lipinski definition) is 5. The van der Waals surface area contributed by atoms with Crippen LogP contribution in [0.25, 0.3) is 5.69 Å². The van der Waals surface area contributed by atoms with Crippen molar-refractivity contribution in [1.82, 2.24) is 25.6 Å². The summed E-state index contributed by atoms with van der Waals surface area (Å²) in [5.41, 5.74) is 1.27. The molecule has 0 spiro atoms. The fourth-order valence-electron chi connectivity index (χ4n) is 2.97. The van der Waals surface area contributed by atoms with E-state index in [0.29, 0.717) is 43.6 Å². The molecule has 0 atom stereocenters. The number of thioether (sulfide) groups is 1. The third-order valence-corrected chi connectivity index (χ3v) is 5.49. The molecule has 0 saturated heterocycles. The maximum atomic E-state index is 12.6. The molecule has 1 aromatic heterocycles. The number of carbonyl (C=O) groups excluding carboxylic acids is 2. The summed E-state index contributed by atoms with van der Waals surface area (Å²) in [6, 6.07) is 5.78. The number of unbranched alkanes of at least 4 members (excludes halogenated alkanes) is 2. The van der Waals surface area contributed by atoms with Crippen molar-refractivity contribution in [2.24, 2.45) is 0 Å². The van der Waals surface area contributed by atoms with Crippen LogP contribution in [0.2, 0.25) is 0 Å². The van der Waals surface area contributed by atoms with Gasteiger partial charge in [0.25, 0.3) is 11.8 Å². The minimum absolute atomic E-state index is 0.0546. The molecular formula is C21H27F4N5O2S. The van der Waals surface area contributed by atoms with Gasteiger partial charge in [-0.05, 0) is 49.3 Å². The molecule has 0 fully saturated rings. The normalized spacial score (nSPS) is 11.4. The Labute approximate surface area is 193 Å². The minimum atomic E-state index is -4.50. The largest absolute Gasteiger partial charge is 0.405 e. The zero-order chi connectivity index (χ0) is 24.3. The molecule has 0 bridgehead atoms. The summed E-state index contributed by atoms with van der Waals surface area (Å²) >= 11 is 1.69. The van der Waals surface area contributed by atoms with Crippen molar-refractivity contribution < 1.29 is 27.2 Å². The van der Waals surface area contributed by atoms with Gasteiger partial charge >= 0.3 is 6.18 Å². The maximum Gasteiger partial charge on any atom is 0.405 e. The standard InChI is InChI=1S/C21H27F4N5O2S/c1-2-33-13-12-26-20(32)18-17(6-4-3-5-11-22)30(29-28-18)16-9-7-15(8-10-16)19(31)27-14-21(23,24)25/h7-10H,2-6,11-14H2,1H3,(H,26,32)(H,27,31). The van der Waals surface area contributed by atoms with Crippen LogP contribution in [0.4, 0.5) is 17.6 Å². The molecule has 0 radical (unpaired) electrons.